The number of carbonyl (C=O) groups is 2. The van der Waals surface area contributed by atoms with Crippen LogP contribution in [0.3, 0.4) is 0 Å². The summed E-state index contributed by atoms with van der Waals surface area (Å²) in [6.07, 6.45) is 1.45. The van der Waals surface area contributed by atoms with Gasteiger partial charge in [-0.3, -0.25) is 4.79 Å². The number of nitrogens with one attached hydrogen (secondary N) is 2. The highest BCUT2D eigenvalue weighted by molar-refractivity contribution is 9.10. The van der Waals surface area contributed by atoms with Crippen LogP contribution >= 0.6 is 27.5 Å². The van der Waals surface area contributed by atoms with E-state index < -0.39 is 11.9 Å². The van der Waals surface area contributed by atoms with Crippen molar-refractivity contribution in [2.45, 2.75) is 0 Å². The van der Waals surface area contributed by atoms with Crippen molar-refractivity contribution in [2.75, 3.05) is 21.3 Å². The Labute approximate surface area is 260 Å². The molecule has 5 aromatic rings. The molecule has 0 aliphatic heterocycles. The SMILES string of the molecule is COc1ccc(C(=O)Oc2ccc(C=NNC(=O)c3[nH]c4c(OC)ccc(Br)c4c3-c3ccccc3Cl)cc2OC)cc1. The lowest BCUT2D eigenvalue weighted by Gasteiger charge is -2.10. The minimum absolute atomic E-state index is 0.228. The van der Waals surface area contributed by atoms with Crippen LogP contribution in [-0.4, -0.2) is 44.4 Å². The van der Waals surface area contributed by atoms with E-state index in [2.05, 4.69) is 31.4 Å². The Morgan fingerprint density at radius 1 is 0.884 bits per heavy atom. The number of hydrogen-bond donors (Lipinski definition) is 2. The second-order valence-electron chi connectivity index (χ2n) is 9.08. The highest BCUT2D eigenvalue weighted by Crippen LogP contribution is 2.43. The number of nitrogens with zero attached hydrogens (tertiary/aromatic N) is 1. The van der Waals surface area contributed by atoms with Gasteiger partial charge in [0.15, 0.2) is 11.5 Å². The summed E-state index contributed by atoms with van der Waals surface area (Å²) in [5.41, 5.74) is 5.67. The first kappa shape index (κ1) is 29.7. The fourth-order valence-corrected chi connectivity index (χ4v) is 5.23. The minimum atomic E-state index is -0.550. The van der Waals surface area contributed by atoms with E-state index in [1.54, 1.807) is 68.8 Å². The molecular weight excluding hydrogens is 638 g/mol. The number of esters is 1. The molecule has 0 saturated carbocycles. The van der Waals surface area contributed by atoms with Gasteiger partial charge in [-0.2, -0.15) is 5.10 Å². The number of amides is 1. The predicted octanol–water partition coefficient (Wildman–Crippen LogP) is 7.26. The molecule has 0 aliphatic rings. The number of hydrazone groups is 1. The molecule has 0 unspecified atom stereocenters. The van der Waals surface area contributed by atoms with Crippen LogP contribution in [0.4, 0.5) is 0 Å². The molecule has 4 aromatic carbocycles. The van der Waals surface area contributed by atoms with Gasteiger partial charge in [0.05, 0.1) is 38.6 Å². The largest absolute Gasteiger partial charge is 0.497 e. The van der Waals surface area contributed by atoms with Crippen LogP contribution in [0.2, 0.25) is 5.02 Å². The number of aromatic nitrogens is 1. The third-order valence-corrected chi connectivity index (χ3v) is 7.54. The smallest absolute Gasteiger partial charge is 0.343 e. The molecule has 0 fully saturated rings. The molecule has 5 rings (SSSR count). The molecule has 1 aromatic heterocycles. The van der Waals surface area contributed by atoms with Gasteiger partial charge < -0.3 is 23.9 Å². The molecule has 1 heterocycles. The van der Waals surface area contributed by atoms with Crippen molar-refractivity contribution in [3.05, 3.63) is 105 Å². The Morgan fingerprint density at radius 2 is 1.60 bits per heavy atom. The average Bonchev–Trinajstić information content (AvgIpc) is 3.43. The molecule has 0 radical (unpaired) electrons. The first-order chi connectivity index (χ1) is 20.8. The van der Waals surface area contributed by atoms with Crippen molar-refractivity contribution in [1.29, 1.82) is 0 Å². The monoisotopic (exact) mass is 661 g/mol. The number of benzene rings is 4. The van der Waals surface area contributed by atoms with Crippen molar-refractivity contribution in [3.63, 3.8) is 0 Å². The summed E-state index contributed by atoms with van der Waals surface area (Å²) >= 11 is 10.2. The van der Waals surface area contributed by atoms with Gasteiger partial charge in [0.25, 0.3) is 5.91 Å². The predicted molar refractivity (Wildman–Crippen MR) is 169 cm³/mol. The molecule has 0 spiro atoms. The van der Waals surface area contributed by atoms with Crippen molar-refractivity contribution >= 4 is 56.5 Å². The van der Waals surface area contributed by atoms with Gasteiger partial charge in [0.2, 0.25) is 0 Å². The zero-order valence-electron chi connectivity index (χ0n) is 23.2. The number of aromatic amines is 1. The molecule has 11 heteroatoms. The van der Waals surface area contributed by atoms with Crippen molar-refractivity contribution in [3.8, 4) is 34.1 Å². The Kier molecular flexibility index (Phi) is 8.98. The Hall–Kier alpha value is -4.80. The second-order valence-corrected chi connectivity index (χ2v) is 10.3. The second kappa shape index (κ2) is 13.0. The number of H-pyrrole nitrogens is 1. The summed E-state index contributed by atoms with van der Waals surface area (Å²) in [4.78, 5) is 29.2. The van der Waals surface area contributed by atoms with Crippen LogP contribution in [0, 0.1) is 0 Å². The summed E-state index contributed by atoms with van der Waals surface area (Å²) in [5, 5.41) is 5.37. The maximum Gasteiger partial charge on any atom is 0.343 e. The molecule has 0 saturated heterocycles. The molecule has 9 nitrogen and oxygen atoms in total. The van der Waals surface area contributed by atoms with E-state index in [0.29, 0.717) is 50.0 Å². The number of halogens is 2. The maximum absolute atomic E-state index is 13.4. The lowest BCUT2D eigenvalue weighted by molar-refractivity contribution is 0.0729. The van der Waals surface area contributed by atoms with Crippen LogP contribution in [0.15, 0.2) is 88.4 Å². The van der Waals surface area contributed by atoms with E-state index >= 15 is 0 Å². The van der Waals surface area contributed by atoms with Crippen molar-refractivity contribution in [1.82, 2.24) is 10.4 Å². The summed E-state index contributed by atoms with van der Waals surface area (Å²) in [7, 11) is 4.56. The Bertz CT molecular complexity index is 1850. The van der Waals surface area contributed by atoms with Gasteiger partial charge >= 0.3 is 5.97 Å². The molecule has 43 heavy (non-hydrogen) atoms. The fraction of sp³-hybridized carbons (Fsp3) is 0.0938. The number of ether oxygens (including phenoxy) is 4. The van der Waals surface area contributed by atoms with Crippen LogP contribution in [0.25, 0.3) is 22.0 Å². The van der Waals surface area contributed by atoms with Crippen molar-refractivity contribution < 1.29 is 28.5 Å². The number of carbonyl (C=O) groups excluding carboxylic acids is 2. The lowest BCUT2D eigenvalue weighted by atomic mass is 10.0. The zero-order chi connectivity index (χ0) is 30.5. The third kappa shape index (κ3) is 6.20. The van der Waals surface area contributed by atoms with Gasteiger partial charge in [0, 0.05) is 26.0 Å². The van der Waals surface area contributed by atoms with E-state index in [1.165, 1.54) is 13.3 Å². The molecule has 0 atom stereocenters. The maximum atomic E-state index is 13.4. The van der Waals surface area contributed by atoms with Gasteiger partial charge in [-0.25, -0.2) is 10.2 Å². The van der Waals surface area contributed by atoms with Crippen molar-refractivity contribution in [2.24, 2.45) is 5.10 Å². The van der Waals surface area contributed by atoms with Crippen LogP contribution in [0.1, 0.15) is 26.4 Å². The molecule has 2 N–H and O–H groups in total. The number of hydrogen-bond acceptors (Lipinski definition) is 7. The van der Waals surface area contributed by atoms with E-state index in [9.17, 15) is 9.59 Å². The first-order valence-electron chi connectivity index (χ1n) is 12.8. The quantitative estimate of drug-likeness (QED) is 0.0744. The average molecular weight is 663 g/mol. The van der Waals surface area contributed by atoms with Gasteiger partial charge in [0.1, 0.15) is 17.2 Å². The Morgan fingerprint density at radius 3 is 2.30 bits per heavy atom. The summed E-state index contributed by atoms with van der Waals surface area (Å²) in [6.45, 7) is 0. The van der Waals surface area contributed by atoms with Gasteiger partial charge in [-0.05, 0) is 66.2 Å². The highest BCUT2D eigenvalue weighted by atomic mass is 79.9. The molecule has 0 bridgehead atoms. The molecular formula is C32H25BrClN3O6. The van der Waals surface area contributed by atoms with E-state index in [-0.39, 0.29) is 11.4 Å². The Balaban J connectivity index is 1.39. The van der Waals surface area contributed by atoms with E-state index in [0.717, 1.165) is 9.86 Å². The molecule has 218 valence electrons. The van der Waals surface area contributed by atoms with Crippen LogP contribution in [0.5, 0.6) is 23.0 Å². The summed E-state index contributed by atoms with van der Waals surface area (Å²) < 4.78 is 22.4. The van der Waals surface area contributed by atoms with Crippen LogP contribution < -0.4 is 24.4 Å². The van der Waals surface area contributed by atoms with Gasteiger partial charge in [-0.15, -0.1) is 0 Å². The third-order valence-electron chi connectivity index (χ3n) is 6.55. The first-order valence-corrected chi connectivity index (χ1v) is 14.0. The number of rotatable bonds is 9. The fourth-order valence-electron chi connectivity index (χ4n) is 4.47. The topological polar surface area (TPSA) is 111 Å². The van der Waals surface area contributed by atoms with E-state index in [4.69, 9.17) is 30.5 Å². The number of methoxy groups -OCH3 is 3. The summed E-state index contributed by atoms with van der Waals surface area (Å²) in [5.74, 6) is 0.687. The molecule has 1 amide bonds. The standard InChI is InChI=1S/C32H25BrClN3O6/c1-40-20-11-9-19(10-12-20)32(39)43-24-14-8-18(16-26(24)42-3)17-35-37-31(38)30-27(21-6-4-5-7-23(21)34)28-22(33)13-15-25(41-2)29(28)36-30/h4-17,36H,1-3H3,(H,37,38). The van der Waals surface area contributed by atoms with Gasteiger partial charge in [-0.1, -0.05) is 45.7 Å². The number of fused-ring (bicyclic) bond motifs is 1. The lowest BCUT2D eigenvalue weighted by Crippen LogP contribution is -2.19. The highest BCUT2D eigenvalue weighted by Gasteiger charge is 2.24. The zero-order valence-corrected chi connectivity index (χ0v) is 25.6. The normalized spacial score (nSPS) is 11.0. The minimum Gasteiger partial charge on any atom is -0.497 e. The molecule has 0 aliphatic carbocycles. The van der Waals surface area contributed by atoms with E-state index in [1.807, 2.05) is 24.3 Å². The summed E-state index contributed by atoms with van der Waals surface area (Å²) in [6, 6.07) is 22.4. The van der Waals surface area contributed by atoms with Crippen LogP contribution in [-0.2, 0) is 0 Å².